The zero-order chi connectivity index (χ0) is 28.9. The molecule has 1 aliphatic rings. The van der Waals surface area contributed by atoms with Crippen LogP contribution < -0.4 is 21.1 Å². The molecule has 41 heavy (non-hydrogen) atoms. The fourth-order valence-electron chi connectivity index (χ4n) is 4.72. The van der Waals surface area contributed by atoms with Gasteiger partial charge in [-0.15, -0.1) is 0 Å². The largest absolute Gasteiger partial charge is 0.383 e. The molecule has 3 N–H and O–H groups in total. The summed E-state index contributed by atoms with van der Waals surface area (Å²) in [6, 6.07) is 11.2. The summed E-state index contributed by atoms with van der Waals surface area (Å²) in [5, 5.41) is 5.45. The Morgan fingerprint density at radius 2 is 1.95 bits per heavy atom. The van der Waals surface area contributed by atoms with Gasteiger partial charge in [0.25, 0.3) is 0 Å². The summed E-state index contributed by atoms with van der Waals surface area (Å²) in [5.74, 6) is -2.36. The lowest BCUT2D eigenvalue weighted by atomic mass is 10.0. The molecule has 2 aromatic carbocycles. The lowest BCUT2D eigenvalue weighted by Gasteiger charge is -2.36. The first-order valence-corrected chi connectivity index (χ1v) is 13.0. The number of piperazine rings is 1. The van der Waals surface area contributed by atoms with Crippen LogP contribution in [0.1, 0.15) is 0 Å². The number of hydrogen-bond donors (Lipinski definition) is 3. The van der Waals surface area contributed by atoms with Crippen molar-refractivity contribution >= 4 is 40.0 Å². The number of aromatic amines is 1. The molecule has 0 bridgehead atoms. The van der Waals surface area contributed by atoms with E-state index in [9.17, 15) is 9.59 Å². The molecule has 1 fully saturated rings. The summed E-state index contributed by atoms with van der Waals surface area (Å²) < 4.78 is 35.5. The van der Waals surface area contributed by atoms with Crippen LogP contribution in [0.3, 0.4) is 0 Å². The minimum Gasteiger partial charge on any atom is -0.383 e. The maximum Gasteiger partial charge on any atom is 0.249 e. The molecule has 0 aliphatic carbocycles. The number of carbonyl (C=O) groups is 1. The molecule has 0 unspecified atom stereocenters. The molecule has 1 saturated heterocycles. The molecule has 3 heterocycles. The maximum atomic E-state index is 15.2. The molecule has 1 aliphatic heterocycles. The molecular formula is C29H29F2N7O3. The first-order valence-electron chi connectivity index (χ1n) is 13.0. The third-order valence-corrected chi connectivity index (χ3v) is 6.84. The van der Waals surface area contributed by atoms with Gasteiger partial charge in [0.1, 0.15) is 5.52 Å². The summed E-state index contributed by atoms with van der Waals surface area (Å²) >= 11 is 0. The highest BCUT2D eigenvalue weighted by Crippen LogP contribution is 2.31. The second kappa shape index (κ2) is 12.2. The van der Waals surface area contributed by atoms with E-state index in [1.54, 1.807) is 37.4 Å². The Morgan fingerprint density at radius 3 is 2.71 bits per heavy atom. The Kier molecular flexibility index (Phi) is 8.31. The van der Waals surface area contributed by atoms with Gasteiger partial charge in [0.15, 0.2) is 11.6 Å². The Labute approximate surface area is 234 Å². The van der Waals surface area contributed by atoms with Crippen molar-refractivity contribution in [1.82, 2.24) is 19.9 Å². The summed E-state index contributed by atoms with van der Waals surface area (Å²) in [7, 11) is 1.65. The second-order valence-corrected chi connectivity index (χ2v) is 9.48. The normalized spacial score (nSPS) is 13.8. The fourth-order valence-corrected chi connectivity index (χ4v) is 4.72. The molecule has 0 spiro atoms. The predicted octanol–water partition coefficient (Wildman–Crippen LogP) is 3.90. The smallest absolute Gasteiger partial charge is 0.249 e. The number of pyridine rings is 1. The molecule has 212 valence electrons. The summed E-state index contributed by atoms with van der Waals surface area (Å²) in [6.07, 6.45) is 2.55. The first kappa shape index (κ1) is 27.9. The Morgan fingerprint density at radius 1 is 1.15 bits per heavy atom. The molecule has 12 heteroatoms. The number of amides is 1. The lowest BCUT2D eigenvalue weighted by molar-refractivity contribution is -0.111. The number of rotatable bonds is 9. The number of nitrogens with one attached hydrogen (secondary N) is 3. The van der Waals surface area contributed by atoms with Crippen LogP contribution in [0.2, 0.25) is 0 Å². The number of hydrogen-bond acceptors (Lipinski definition) is 8. The number of fused-ring (bicyclic) bond motifs is 1. The lowest BCUT2D eigenvalue weighted by Crippen LogP contribution is -2.47. The van der Waals surface area contributed by atoms with Crippen molar-refractivity contribution in [1.29, 1.82) is 0 Å². The van der Waals surface area contributed by atoms with Crippen LogP contribution in [-0.2, 0) is 9.53 Å². The fraction of sp³-hybridized carbons (Fsp3) is 0.241. The van der Waals surface area contributed by atoms with E-state index in [1.165, 1.54) is 18.3 Å². The van der Waals surface area contributed by atoms with Crippen molar-refractivity contribution in [3.63, 3.8) is 0 Å². The zero-order valence-corrected chi connectivity index (χ0v) is 22.4. The molecule has 2 aromatic heterocycles. The van der Waals surface area contributed by atoms with Crippen molar-refractivity contribution in [3.8, 4) is 11.1 Å². The molecule has 10 nitrogen and oxygen atoms in total. The third-order valence-electron chi connectivity index (χ3n) is 6.84. The number of halogens is 2. The van der Waals surface area contributed by atoms with Gasteiger partial charge >= 0.3 is 0 Å². The first-order chi connectivity index (χ1) is 19.9. The topological polar surface area (TPSA) is 115 Å². The van der Waals surface area contributed by atoms with Gasteiger partial charge in [0, 0.05) is 57.2 Å². The molecule has 0 radical (unpaired) electrons. The van der Waals surface area contributed by atoms with Crippen molar-refractivity contribution in [2.24, 2.45) is 0 Å². The quantitative estimate of drug-likeness (QED) is 0.264. The number of aromatic nitrogens is 3. The van der Waals surface area contributed by atoms with E-state index in [2.05, 4.69) is 37.1 Å². The van der Waals surface area contributed by atoms with Gasteiger partial charge in [0.05, 0.1) is 29.7 Å². The Hall–Kier alpha value is -4.68. The van der Waals surface area contributed by atoms with Gasteiger partial charge in [-0.05, 0) is 35.9 Å². The van der Waals surface area contributed by atoms with Crippen LogP contribution in [-0.4, -0.2) is 72.2 Å². The van der Waals surface area contributed by atoms with Gasteiger partial charge in [-0.2, -0.15) is 0 Å². The molecule has 0 atom stereocenters. The van der Waals surface area contributed by atoms with Crippen LogP contribution in [0.5, 0.6) is 0 Å². The summed E-state index contributed by atoms with van der Waals surface area (Å²) in [4.78, 5) is 39.5. The van der Waals surface area contributed by atoms with Gasteiger partial charge in [-0.3, -0.25) is 14.5 Å². The second-order valence-electron chi connectivity index (χ2n) is 9.48. The monoisotopic (exact) mass is 561 g/mol. The Balaban J connectivity index is 1.41. The van der Waals surface area contributed by atoms with Gasteiger partial charge in [0.2, 0.25) is 17.4 Å². The zero-order valence-electron chi connectivity index (χ0n) is 22.4. The number of ether oxygens (including phenoxy) is 1. The minimum absolute atomic E-state index is 0.0136. The van der Waals surface area contributed by atoms with Gasteiger partial charge < -0.3 is 25.3 Å². The van der Waals surface area contributed by atoms with Crippen molar-refractivity contribution in [2.75, 3.05) is 62.0 Å². The standard InChI is InChI=1S/C29H29F2N7O3/c1-3-24(39)33-19-6-4-5-18(15-19)20-16-25(40)34-22-17-32-29(36-28(20)22)35-21-7-8-23(27(31)26(21)30)38-11-9-37(10-12-38)13-14-41-2/h3-8,15-17H,1,9-14H2,2H3,(H,33,39)(H,34,40)(H,32,35,36). The highest BCUT2D eigenvalue weighted by Gasteiger charge is 2.23. The van der Waals surface area contributed by atoms with Gasteiger partial charge in [-0.25, -0.2) is 18.7 Å². The molecule has 0 saturated carbocycles. The molecule has 1 amide bonds. The summed E-state index contributed by atoms with van der Waals surface area (Å²) in [6.45, 7) is 7.45. The van der Waals surface area contributed by atoms with Crippen molar-refractivity contribution < 1.29 is 18.3 Å². The highest BCUT2D eigenvalue weighted by molar-refractivity contribution is 6.00. The average Bonchev–Trinajstić information content (AvgIpc) is 2.98. The molecule has 5 rings (SSSR count). The SMILES string of the molecule is C=CC(=O)Nc1cccc(-c2cc(=O)[nH]c3cnc(Nc4ccc(N5CCN(CCOC)CC5)c(F)c4F)nc23)c1. The predicted molar refractivity (Wildman–Crippen MR) is 155 cm³/mol. The highest BCUT2D eigenvalue weighted by atomic mass is 19.2. The number of anilines is 4. The van der Waals surface area contributed by atoms with Crippen molar-refractivity contribution in [3.05, 3.63) is 83.3 Å². The van der Waals surface area contributed by atoms with Crippen LogP contribution >= 0.6 is 0 Å². The van der Waals surface area contributed by atoms with E-state index in [0.717, 1.165) is 25.7 Å². The van der Waals surface area contributed by atoms with E-state index in [1.807, 2.05) is 4.90 Å². The van der Waals surface area contributed by atoms with Crippen LogP contribution in [0.15, 0.2) is 66.1 Å². The van der Waals surface area contributed by atoms with Gasteiger partial charge in [-0.1, -0.05) is 18.7 Å². The van der Waals surface area contributed by atoms with E-state index in [4.69, 9.17) is 4.74 Å². The van der Waals surface area contributed by atoms with Crippen LogP contribution in [0.4, 0.5) is 31.8 Å². The minimum atomic E-state index is -1.04. The average molecular weight is 562 g/mol. The number of methoxy groups -OCH3 is 1. The Bertz CT molecular complexity index is 1650. The van der Waals surface area contributed by atoms with Crippen molar-refractivity contribution in [2.45, 2.75) is 0 Å². The molecule has 4 aromatic rings. The number of carbonyl (C=O) groups excluding carboxylic acids is 1. The number of nitrogens with zero attached hydrogens (tertiary/aromatic N) is 4. The van der Waals surface area contributed by atoms with E-state index < -0.39 is 11.6 Å². The number of benzene rings is 2. The van der Waals surface area contributed by atoms with Crippen LogP contribution in [0.25, 0.3) is 22.2 Å². The van der Waals surface area contributed by atoms with E-state index >= 15 is 8.78 Å². The molecular weight excluding hydrogens is 532 g/mol. The van der Waals surface area contributed by atoms with Crippen LogP contribution in [0, 0.1) is 11.6 Å². The number of H-pyrrole nitrogens is 1. The summed E-state index contributed by atoms with van der Waals surface area (Å²) in [5.41, 5.74) is 2.00. The van der Waals surface area contributed by atoms with E-state index in [0.29, 0.717) is 47.5 Å². The maximum absolute atomic E-state index is 15.2. The van der Waals surface area contributed by atoms with E-state index in [-0.39, 0.29) is 28.8 Å². The third kappa shape index (κ3) is 6.23.